The summed E-state index contributed by atoms with van der Waals surface area (Å²) in [5.74, 6) is 0. The lowest BCUT2D eigenvalue weighted by Crippen LogP contribution is -2.29. The Hall–Kier alpha value is -2.47. The van der Waals surface area contributed by atoms with Crippen LogP contribution in [0.1, 0.15) is 11.1 Å². The second kappa shape index (κ2) is 5.49. The molecule has 2 heterocycles. The molecule has 0 fully saturated rings. The standard InChI is InChI=1S/C14H12ClN5O/c1-9-4-2-3-5-10(9)8-16-14(21)20-13-11(18-19-20)6-7-12(15)17-13/h2-7H,8H2,1H3,(H,16,21). The third kappa shape index (κ3) is 2.71. The quantitative estimate of drug-likeness (QED) is 0.738. The van der Waals surface area contributed by atoms with Gasteiger partial charge in [-0.25, -0.2) is 9.78 Å². The molecule has 0 aliphatic rings. The van der Waals surface area contributed by atoms with Crippen LogP contribution >= 0.6 is 11.6 Å². The van der Waals surface area contributed by atoms with Crippen molar-refractivity contribution >= 4 is 28.8 Å². The summed E-state index contributed by atoms with van der Waals surface area (Å²) >= 11 is 5.83. The molecule has 3 rings (SSSR count). The van der Waals surface area contributed by atoms with Gasteiger partial charge >= 0.3 is 6.03 Å². The summed E-state index contributed by atoms with van der Waals surface area (Å²) in [6.45, 7) is 2.40. The van der Waals surface area contributed by atoms with E-state index in [9.17, 15) is 4.79 Å². The Labute approximate surface area is 125 Å². The third-order valence-electron chi connectivity index (χ3n) is 3.15. The molecule has 0 aliphatic heterocycles. The Morgan fingerprint density at radius 2 is 2.10 bits per heavy atom. The van der Waals surface area contributed by atoms with E-state index in [1.165, 1.54) is 0 Å². The van der Waals surface area contributed by atoms with Crippen molar-refractivity contribution in [2.75, 3.05) is 0 Å². The molecule has 21 heavy (non-hydrogen) atoms. The van der Waals surface area contributed by atoms with Crippen LogP contribution in [0.2, 0.25) is 5.15 Å². The minimum atomic E-state index is -0.393. The van der Waals surface area contributed by atoms with E-state index in [0.717, 1.165) is 15.8 Å². The zero-order valence-electron chi connectivity index (χ0n) is 11.2. The molecule has 0 unspecified atom stereocenters. The van der Waals surface area contributed by atoms with E-state index < -0.39 is 6.03 Å². The topological polar surface area (TPSA) is 72.7 Å². The number of benzene rings is 1. The molecule has 1 N–H and O–H groups in total. The Morgan fingerprint density at radius 1 is 1.29 bits per heavy atom. The fourth-order valence-corrected chi connectivity index (χ4v) is 2.12. The van der Waals surface area contributed by atoms with Gasteiger partial charge in [0.1, 0.15) is 10.7 Å². The summed E-state index contributed by atoms with van der Waals surface area (Å²) in [5.41, 5.74) is 3.01. The Bertz CT molecular complexity index is 814. The van der Waals surface area contributed by atoms with Crippen LogP contribution in [0.4, 0.5) is 4.79 Å². The number of aromatic nitrogens is 4. The molecular weight excluding hydrogens is 290 g/mol. The molecule has 0 spiro atoms. The van der Waals surface area contributed by atoms with Crippen molar-refractivity contribution in [2.45, 2.75) is 13.5 Å². The minimum Gasteiger partial charge on any atom is -0.332 e. The maximum atomic E-state index is 12.2. The smallest absolute Gasteiger partial charge is 0.332 e. The summed E-state index contributed by atoms with van der Waals surface area (Å²) in [6.07, 6.45) is 0. The fraction of sp³-hybridized carbons (Fsp3) is 0.143. The van der Waals surface area contributed by atoms with Gasteiger partial charge in [-0.15, -0.1) is 9.78 Å². The van der Waals surface area contributed by atoms with Gasteiger partial charge in [0.15, 0.2) is 5.65 Å². The van der Waals surface area contributed by atoms with E-state index >= 15 is 0 Å². The van der Waals surface area contributed by atoms with Crippen molar-refractivity contribution in [2.24, 2.45) is 0 Å². The first kappa shape index (κ1) is 13.5. The van der Waals surface area contributed by atoms with Crippen LogP contribution in [-0.2, 0) is 6.54 Å². The molecule has 7 heteroatoms. The number of fused-ring (bicyclic) bond motifs is 1. The molecular formula is C14H12ClN5O. The predicted octanol–water partition coefficient (Wildman–Crippen LogP) is 2.55. The zero-order valence-corrected chi connectivity index (χ0v) is 12.0. The number of pyridine rings is 1. The number of amides is 1. The first-order valence-electron chi connectivity index (χ1n) is 6.36. The van der Waals surface area contributed by atoms with Crippen LogP contribution in [-0.4, -0.2) is 26.0 Å². The molecule has 0 aliphatic carbocycles. The highest BCUT2D eigenvalue weighted by Gasteiger charge is 2.13. The van der Waals surface area contributed by atoms with Crippen molar-refractivity contribution in [3.05, 3.63) is 52.7 Å². The largest absolute Gasteiger partial charge is 0.345 e. The van der Waals surface area contributed by atoms with Crippen LogP contribution in [0, 0.1) is 6.92 Å². The predicted molar refractivity (Wildman–Crippen MR) is 79.1 cm³/mol. The molecule has 0 bridgehead atoms. The van der Waals surface area contributed by atoms with E-state index in [1.54, 1.807) is 12.1 Å². The van der Waals surface area contributed by atoms with Gasteiger partial charge in [-0.05, 0) is 30.2 Å². The number of halogens is 1. The highest BCUT2D eigenvalue weighted by atomic mass is 35.5. The number of nitrogens with one attached hydrogen (secondary N) is 1. The second-order valence-corrected chi connectivity index (χ2v) is 4.95. The average molecular weight is 302 g/mol. The lowest BCUT2D eigenvalue weighted by molar-refractivity contribution is 0.239. The molecule has 3 aromatic rings. The van der Waals surface area contributed by atoms with E-state index in [4.69, 9.17) is 11.6 Å². The lowest BCUT2D eigenvalue weighted by Gasteiger charge is -2.07. The van der Waals surface area contributed by atoms with Crippen LogP contribution < -0.4 is 5.32 Å². The van der Waals surface area contributed by atoms with Crippen LogP contribution in [0.3, 0.4) is 0 Å². The van der Waals surface area contributed by atoms with E-state index in [2.05, 4.69) is 20.6 Å². The van der Waals surface area contributed by atoms with Gasteiger partial charge in [-0.3, -0.25) is 0 Å². The molecule has 2 aromatic heterocycles. The number of carbonyl (C=O) groups is 1. The van der Waals surface area contributed by atoms with Crippen molar-refractivity contribution < 1.29 is 4.79 Å². The monoisotopic (exact) mass is 301 g/mol. The summed E-state index contributed by atoms with van der Waals surface area (Å²) in [5, 5.41) is 10.8. The lowest BCUT2D eigenvalue weighted by atomic mass is 10.1. The van der Waals surface area contributed by atoms with Gasteiger partial charge in [-0.2, -0.15) is 0 Å². The molecule has 0 saturated carbocycles. The van der Waals surface area contributed by atoms with Crippen LogP contribution in [0.15, 0.2) is 36.4 Å². The molecule has 0 atom stereocenters. The van der Waals surface area contributed by atoms with Gasteiger partial charge < -0.3 is 5.32 Å². The first-order valence-corrected chi connectivity index (χ1v) is 6.73. The van der Waals surface area contributed by atoms with Crippen molar-refractivity contribution in [1.82, 2.24) is 25.3 Å². The van der Waals surface area contributed by atoms with Crippen LogP contribution in [0.25, 0.3) is 11.2 Å². The molecule has 1 aromatic carbocycles. The molecule has 1 amide bonds. The van der Waals surface area contributed by atoms with Crippen molar-refractivity contribution in [3.63, 3.8) is 0 Å². The molecule has 106 valence electrons. The Balaban J connectivity index is 1.81. The first-order chi connectivity index (χ1) is 10.1. The van der Waals surface area contributed by atoms with E-state index in [1.807, 2.05) is 31.2 Å². The van der Waals surface area contributed by atoms with Crippen molar-refractivity contribution in [1.29, 1.82) is 0 Å². The summed E-state index contributed by atoms with van der Waals surface area (Å²) in [6, 6.07) is 10.7. The SMILES string of the molecule is Cc1ccccc1CNC(=O)n1nnc2ccc(Cl)nc21. The maximum Gasteiger partial charge on any atom is 0.345 e. The summed E-state index contributed by atoms with van der Waals surface area (Å²) in [7, 11) is 0. The fourth-order valence-electron chi connectivity index (χ4n) is 1.98. The van der Waals surface area contributed by atoms with E-state index in [-0.39, 0.29) is 5.15 Å². The maximum absolute atomic E-state index is 12.2. The molecule has 0 saturated heterocycles. The Kier molecular flexibility index (Phi) is 3.53. The van der Waals surface area contributed by atoms with Gasteiger partial charge in [0, 0.05) is 6.54 Å². The van der Waals surface area contributed by atoms with Gasteiger partial charge in [0.2, 0.25) is 0 Å². The second-order valence-electron chi connectivity index (χ2n) is 4.56. The Morgan fingerprint density at radius 3 is 2.90 bits per heavy atom. The summed E-state index contributed by atoms with van der Waals surface area (Å²) < 4.78 is 1.11. The highest BCUT2D eigenvalue weighted by Crippen LogP contribution is 2.12. The minimum absolute atomic E-state index is 0.290. The average Bonchev–Trinajstić information content (AvgIpc) is 2.89. The zero-order chi connectivity index (χ0) is 14.8. The third-order valence-corrected chi connectivity index (χ3v) is 3.36. The number of hydrogen-bond acceptors (Lipinski definition) is 4. The van der Waals surface area contributed by atoms with Crippen LogP contribution in [0.5, 0.6) is 0 Å². The van der Waals surface area contributed by atoms with E-state index in [0.29, 0.717) is 17.7 Å². The molecule has 6 nitrogen and oxygen atoms in total. The summed E-state index contributed by atoms with van der Waals surface area (Å²) in [4.78, 5) is 16.3. The number of carbonyl (C=O) groups excluding carboxylic acids is 1. The number of aryl methyl sites for hydroxylation is 1. The van der Waals surface area contributed by atoms with Crippen molar-refractivity contribution in [3.8, 4) is 0 Å². The van der Waals surface area contributed by atoms with Gasteiger partial charge in [-0.1, -0.05) is 41.1 Å². The molecule has 0 radical (unpaired) electrons. The van der Waals surface area contributed by atoms with Gasteiger partial charge in [0.25, 0.3) is 0 Å². The number of rotatable bonds is 2. The normalized spacial score (nSPS) is 10.8. The number of nitrogens with zero attached hydrogens (tertiary/aromatic N) is 4. The van der Waals surface area contributed by atoms with Gasteiger partial charge in [0.05, 0.1) is 0 Å². The highest BCUT2D eigenvalue weighted by molar-refractivity contribution is 6.29. The number of hydrogen-bond donors (Lipinski definition) is 1.